The van der Waals surface area contributed by atoms with E-state index in [1.165, 1.54) is 21.1 Å². The van der Waals surface area contributed by atoms with Crippen LogP contribution in [-0.4, -0.2) is 6.04 Å². The Morgan fingerprint density at radius 3 is 2.44 bits per heavy atom. The molecule has 0 aliphatic heterocycles. The number of nitrogens with one attached hydrogen (secondary N) is 1. The first-order chi connectivity index (χ1) is 8.83. The van der Waals surface area contributed by atoms with E-state index >= 15 is 0 Å². The zero-order valence-corrected chi connectivity index (χ0v) is 12.3. The fourth-order valence-electron chi connectivity index (χ4n) is 2.34. The van der Waals surface area contributed by atoms with Crippen molar-refractivity contribution in [3.8, 4) is 0 Å². The van der Waals surface area contributed by atoms with E-state index in [0.717, 1.165) is 12.5 Å². The predicted molar refractivity (Wildman–Crippen MR) is 83.6 cm³/mol. The van der Waals surface area contributed by atoms with Crippen LogP contribution in [0.5, 0.6) is 0 Å². The van der Waals surface area contributed by atoms with Gasteiger partial charge < -0.3 is 5.32 Å². The normalized spacial score (nSPS) is 21.8. The van der Waals surface area contributed by atoms with Crippen LogP contribution in [0.3, 0.4) is 0 Å². The van der Waals surface area contributed by atoms with E-state index in [1.54, 1.807) is 0 Å². The molecule has 1 nitrogen and oxygen atoms in total. The van der Waals surface area contributed by atoms with E-state index in [4.69, 9.17) is 0 Å². The Labute approximate surface area is 122 Å². The summed E-state index contributed by atoms with van der Waals surface area (Å²) in [4.78, 5) is 0. The molecule has 2 unspecified atom stereocenters. The van der Waals surface area contributed by atoms with Gasteiger partial charge in [-0.2, -0.15) is 0 Å². The molecular formula is C16H16IN. The van der Waals surface area contributed by atoms with Gasteiger partial charge in [-0.1, -0.05) is 42.5 Å². The van der Waals surface area contributed by atoms with Crippen molar-refractivity contribution in [3.05, 3.63) is 69.3 Å². The van der Waals surface area contributed by atoms with Crippen LogP contribution in [0.1, 0.15) is 23.5 Å². The first-order valence-corrected chi connectivity index (χ1v) is 7.43. The lowest BCUT2D eigenvalue weighted by Crippen LogP contribution is -2.17. The lowest BCUT2D eigenvalue weighted by Gasteiger charge is -2.05. The number of hydrogen-bond acceptors (Lipinski definition) is 1. The largest absolute Gasteiger partial charge is 0.309 e. The van der Waals surface area contributed by atoms with Crippen LogP contribution in [0, 0.1) is 3.57 Å². The molecule has 1 fully saturated rings. The van der Waals surface area contributed by atoms with Crippen LogP contribution in [0.15, 0.2) is 54.6 Å². The molecule has 0 amide bonds. The standard InChI is InChI=1S/C16H16IN/c17-14-8-6-12(7-9-14)11-18-16-10-15(16)13-4-2-1-3-5-13/h1-9,15-16,18H,10-11H2. The minimum absolute atomic E-state index is 0.659. The Hall–Kier alpha value is -0.870. The van der Waals surface area contributed by atoms with Crippen LogP contribution in [0.2, 0.25) is 0 Å². The lowest BCUT2D eigenvalue weighted by atomic mass is 10.1. The number of rotatable bonds is 4. The van der Waals surface area contributed by atoms with Crippen molar-refractivity contribution in [1.29, 1.82) is 0 Å². The topological polar surface area (TPSA) is 12.0 Å². The molecule has 0 aromatic heterocycles. The van der Waals surface area contributed by atoms with E-state index in [1.807, 2.05) is 0 Å². The molecule has 2 aromatic carbocycles. The summed E-state index contributed by atoms with van der Waals surface area (Å²) in [5.41, 5.74) is 2.84. The van der Waals surface area contributed by atoms with Gasteiger partial charge in [-0.05, 0) is 52.3 Å². The van der Waals surface area contributed by atoms with Crippen LogP contribution >= 0.6 is 22.6 Å². The van der Waals surface area contributed by atoms with Crippen molar-refractivity contribution >= 4 is 22.6 Å². The fourth-order valence-corrected chi connectivity index (χ4v) is 2.70. The van der Waals surface area contributed by atoms with E-state index in [-0.39, 0.29) is 0 Å². The van der Waals surface area contributed by atoms with Crippen molar-refractivity contribution in [2.24, 2.45) is 0 Å². The molecule has 1 aliphatic carbocycles. The summed E-state index contributed by atoms with van der Waals surface area (Å²) in [5, 5.41) is 3.64. The zero-order valence-electron chi connectivity index (χ0n) is 10.1. The van der Waals surface area contributed by atoms with Crippen LogP contribution < -0.4 is 5.32 Å². The van der Waals surface area contributed by atoms with Gasteiger partial charge in [0, 0.05) is 22.1 Å². The van der Waals surface area contributed by atoms with Gasteiger partial charge in [0.25, 0.3) is 0 Å². The third kappa shape index (κ3) is 2.93. The van der Waals surface area contributed by atoms with E-state index < -0.39 is 0 Å². The molecule has 3 rings (SSSR count). The number of hydrogen-bond donors (Lipinski definition) is 1. The highest BCUT2D eigenvalue weighted by atomic mass is 127. The quantitative estimate of drug-likeness (QED) is 0.825. The summed E-state index contributed by atoms with van der Waals surface area (Å²) in [6, 6.07) is 20.2. The van der Waals surface area contributed by atoms with E-state index in [2.05, 4.69) is 82.5 Å². The maximum Gasteiger partial charge on any atom is 0.0208 e. The monoisotopic (exact) mass is 349 g/mol. The van der Waals surface area contributed by atoms with Crippen molar-refractivity contribution < 1.29 is 0 Å². The lowest BCUT2D eigenvalue weighted by molar-refractivity contribution is 0.672. The fraction of sp³-hybridized carbons (Fsp3) is 0.250. The van der Waals surface area contributed by atoms with Gasteiger partial charge in [-0.15, -0.1) is 0 Å². The second kappa shape index (κ2) is 5.41. The molecule has 1 saturated carbocycles. The highest BCUT2D eigenvalue weighted by Gasteiger charge is 2.37. The van der Waals surface area contributed by atoms with Gasteiger partial charge in [0.1, 0.15) is 0 Å². The third-order valence-corrected chi connectivity index (χ3v) is 4.22. The average molecular weight is 349 g/mol. The van der Waals surface area contributed by atoms with E-state index in [0.29, 0.717) is 6.04 Å². The molecule has 18 heavy (non-hydrogen) atoms. The zero-order chi connectivity index (χ0) is 12.4. The molecule has 2 heteroatoms. The summed E-state index contributed by atoms with van der Waals surface area (Å²) in [6.07, 6.45) is 1.27. The molecule has 92 valence electrons. The smallest absolute Gasteiger partial charge is 0.0208 e. The van der Waals surface area contributed by atoms with Crippen molar-refractivity contribution in [2.75, 3.05) is 0 Å². The first-order valence-electron chi connectivity index (χ1n) is 6.36. The molecule has 1 N–H and O–H groups in total. The van der Waals surface area contributed by atoms with Gasteiger partial charge >= 0.3 is 0 Å². The predicted octanol–water partition coefficient (Wildman–Crippen LogP) is 3.94. The Bertz CT molecular complexity index is 506. The minimum Gasteiger partial charge on any atom is -0.309 e. The molecular weight excluding hydrogens is 333 g/mol. The van der Waals surface area contributed by atoms with Gasteiger partial charge in [0.05, 0.1) is 0 Å². The second-order valence-electron chi connectivity index (χ2n) is 4.87. The average Bonchev–Trinajstić information content (AvgIpc) is 3.19. The Kier molecular flexibility index (Phi) is 3.66. The molecule has 0 radical (unpaired) electrons. The van der Waals surface area contributed by atoms with Gasteiger partial charge in [0.2, 0.25) is 0 Å². The maximum atomic E-state index is 3.64. The summed E-state index contributed by atoms with van der Waals surface area (Å²) < 4.78 is 1.30. The van der Waals surface area contributed by atoms with Crippen molar-refractivity contribution in [2.45, 2.75) is 24.9 Å². The summed E-state index contributed by atoms with van der Waals surface area (Å²) >= 11 is 2.34. The summed E-state index contributed by atoms with van der Waals surface area (Å²) in [5.74, 6) is 0.718. The van der Waals surface area contributed by atoms with Crippen molar-refractivity contribution in [1.82, 2.24) is 5.32 Å². The molecule has 0 heterocycles. The molecule has 0 spiro atoms. The SMILES string of the molecule is Ic1ccc(CNC2CC2c2ccccc2)cc1. The number of benzene rings is 2. The maximum absolute atomic E-state index is 3.64. The molecule has 0 bridgehead atoms. The second-order valence-corrected chi connectivity index (χ2v) is 6.11. The van der Waals surface area contributed by atoms with Crippen LogP contribution in [0.25, 0.3) is 0 Å². The molecule has 1 aliphatic rings. The third-order valence-electron chi connectivity index (χ3n) is 3.50. The highest BCUT2D eigenvalue weighted by Crippen LogP contribution is 2.40. The summed E-state index contributed by atoms with van der Waals surface area (Å²) in [7, 11) is 0. The highest BCUT2D eigenvalue weighted by molar-refractivity contribution is 14.1. The Morgan fingerprint density at radius 1 is 1.00 bits per heavy atom. The van der Waals surface area contributed by atoms with Gasteiger partial charge in [0.15, 0.2) is 0 Å². The van der Waals surface area contributed by atoms with Crippen LogP contribution in [0.4, 0.5) is 0 Å². The molecule has 2 aromatic rings. The summed E-state index contributed by atoms with van der Waals surface area (Å²) in [6.45, 7) is 0.977. The van der Waals surface area contributed by atoms with E-state index in [9.17, 15) is 0 Å². The minimum atomic E-state index is 0.659. The van der Waals surface area contributed by atoms with Gasteiger partial charge in [-0.3, -0.25) is 0 Å². The molecule has 2 atom stereocenters. The molecule has 0 saturated heterocycles. The Morgan fingerprint density at radius 2 is 1.72 bits per heavy atom. The van der Waals surface area contributed by atoms with Gasteiger partial charge in [-0.25, -0.2) is 0 Å². The number of halogens is 1. The van der Waals surface area contributed by atoms with Crippen molar-refractivity contribution in [3.63, 3.8) is 0 Å². The Balaban J connectivity index is 1.53. The van der Waals surface area contributed by atoms with Crippen LogP contribution in [-0.2, 0) is 6.54 Å². The first kappa shape index (κ1) is 12.2.